The molecule has 0 saturated carbocycles. The topological polar surface area (TPSA) is 112 Å². The molecule has 3 heterocycles. The number of nitrogens with zero attached hydrogens (tertiary/aromatic N) is 3. The lowest BCUT2D eigenvalue weighted by atomic mass is 10.0. The maximum absolute atomic E-state index is 14.2. The molecule has 1 N–H and O–H groups in total. The largest absolute Gasteiger partial charge is 0.454 e. The Morgan fingerprint density at radius 1 is 0.837 bits per heavy atom. The van der Waals surface area contributed by atoms with E-state index in [2.05, 4.69) is 15.3 Å². The van der Waals surface area contributed by atoms with Crippen LogP contribution < -0.4 is 24.3 Å². The molecule has 2 aliphatic heterocycles. The number of aryl methyl sites for hydroxylation is 3. The molecule has 0 spiro atoms. The van der Waals surface area contributed by atoms with E-state index in [-0.39, 0.29) is 31.8 Å². The first-order valence-corrected chi connectivity index (χ1v) is 14.7. The summed E-state index contributed by atoms with van der Waals surface area (Å²) >= 11 is 1.24. The first-order chi connectivity index (χ1) is 20.8. The lowest BCUT2D eigenvalue weighted by Gasteiger charge is -2.32. The smallest absolute Gasteiger partial charge is 0.251 e. The van der Waals surface area contributed by atoms with Gasteiger partial charge >= 0.3 is 0 Å². The summed E-state index contributed by atoms with van der Waals surface area (Å²) in [6.07, 6.45) is 0. The van der Waals surface area contributed by atoms with Gasteiger partial charge in [0.05, 0.1) is 5.75 Å². The predicted molar refractivity (Wildman–Crippen MR) is 160 cm³/mol. The Labute approximate surface area is 253 Å². The van der Waals surface area contributed by atoms with Gasteiger partial charge in [0.1, 0.15) is 6.04 Å². The van der Waals surface area contributed by atoms with E-state index in [1.165, 1.54) is 11.8 Å². The second kappa shape index (κ2) is 12.2. The average molecular weight is 599 g/mol. The van der Waals surface area contributed by atoms with Crippen molar-refractivity contribution in [3.8, 4) is 23.0 Å². The fourth-order valence-corrected chi connectivity index (χ4v) is 5.84. The Morgan fingerprint density at radius 2 is 1.49 bits per heavy atom. The average Bonchev–Trinajstić information content (AvgIpc) is 3.65. The highest BCUT2D eigenvalue weighted by Gasteiger charge is 2.34. The molecule has 10 nitrogen and oxygen atoms in total. The minimum atomic E-state index is -1.01. The van der Waals surface area contributed by atoms with Gasteiger partial charge in [-0.25, -0.2) is 9.97 Å². The van der Waals surface area contributed by atoms with Crippen LogP contribution in [0.15, 0.2) is 71.9 Å². The lowest BCUT2D eigenvalue weighted by Crippen LogP contribution is -2.42. The normalized spacial score (nSPS) is 13.5. The molecule has 11 heteroatoms. The molecule has 0 fully saturated rings. The molecule has 3 aromatic carbocycles. The van der Waals surface area contributed by atoms with Gasteiger partial charge in [-0.3, -0.25) is 9.59 Å². The summed E-state index contributed by atoms with van der Waals surface area (Å²) in [5, 5.41) is 3.50. The van der Waals surface area contributed by atoms with Crippen molar-refractivity contribution in [3.05, 3.63) is 94.8 Å². The Morgan fingerprint density at radius 3 is 2.21 bits per heavy atom. The molecule has 0 unspecified atom stereocenters. The zero-order valence-corrected chi connectivity index (χ0v) is 24.8. The fraction of sp³-hybridized carbons (Fsp3) is 0.250. The Kier molecular flexibility index (Phi) is 8.06. The van der Waals surface area contributed by atoms with Gasteiger partial charge in [-0.1, -0.05) is 42.1 Å². The third-order valence-electron chi connectivity index (χ3n) is 7.12. The van der Waals surface area contributed by atoms with E-state index < -0.39 is 11.9 Å². The number of hydrogen-bond acceptors (Lipinski definition) is 9. The maximum Gasteiger partial charge on any atom is 0.251 e. The zero-order valence-electron chi connectivity index (χ0n) is 24.0. The molecule has 0 bridgehead atoms. The summed E-state index contributed by atoms with van der Waals surface area (Å²) < 4.78 is 22.1. The van der Waals surface area contributed by atoms with Crippen molar-refractivity contribution >= 4 is 29.3 Å². The highest BCUT2D eigenvalue weighted by molar-refractivity contribution is 7.99. The Balaban J connectivity index is 1.37. The Bertz CT molecular complexity index is 1680. The molecule has 0 aliphatic carbocycles. The predicted octanol–water partition coefficient (Wildman–Crippen LogP) is 5.36. The van der Waals surface area contributed by atoms with Gasteiger partial charge in [0, 0.05) is 29.7 Å². The number of fused-ring (bicyclic) bond motifs is 2. The first kappa shape index (κ1) is 28.4. The van der Waals surface area contributed by atoms with Gasteiger partial charge in [0.2, 0.25) is 19.5 Å². The van der Waals surface area contributed by atoms with Crippen LogP contribution in [0.25, 0.3) is 0 Å². The third-order valence-corrected chi connectivity index (χ3v) is 7.95. The van der Waals surface area contributed by atoms with Crippen LogP contribution in [0.5, 0.6) is 23.0 Å². The molecule has 43 heavy (non-hydrogen) atoms. The SMILES string of the molecule is Cc1cc(C)nc(SCC(=O)N(Cc2ccccc2C)[C@H](C(=O)Nc2ccc3c(c2)OCO3)c2ccc3c(c2)OCO3)n1. The number of amides is 2. The van der Waals surface area contributed by atoms with Crippen molar-refractivity contribution in [1.29, 1.82) is 0 Å². The summed E-state index contributed by atoms with van der Waals surface area (Å²) in [4.78, 5) is 38.9. The number of hydrogen-bond donors (Lipinski definition) is 1. The van der Waals surface area contributed by atoms with E-state index >= 15 is 0 Å². The summed E-state index contributed by atoms with van der Waals surface area (Å²) in [5.41, 5.74) is 4.66. The maximum atomic E-state index is 14.2. The summed E-state index contributed by atoms with van der Waals surface area (Å²) in [6.45, 7) is 6.17. The van der Waals surface area contributed by atoms with Crippen LogP contribution >= 0.6 is 11.8 Å². The summed E-state index contributed by atoms with van der Waals surface area (Å²) in [6, 6.07) is 19.2. The van der Waals surface area contributed by atoms with E-state index in [4.69, 9.17) is 18.9 Å². The van der Waals surface area contributed by atoms with Crippen molar-refractivity contribution in [2.45, 2.75) is 38.5 Å². The third kappa shape index (κ3) is 6.36. The van der Waals surface area contributed by atoms with Crippen LogP contribution in [0.3, 0.4) is 0 Å². The monoisotopic (exact) mass is 598 g/mol. The van der Waals surface area contributed by atoms with Crippen molar-refractivity contribution < 1.29 is 28.5 Å². The van der Waals surface area contributed by atoms with Crippen molar-refractivity contribution in [2.75, 3.05) is 24.7 Å². The molecule has 2 amide bonds. The zero-order chi connectivity index (χ0) is 29.9. The van der Waals surface area contributed by atoms with Gasteiger partial charge in [-0.15, -0.1) is 0 Å². The van der Waals surface area contributed by atoms with E-state index in [1.54, 1.807) is 41.3 Å². The number of anilines is 1. The number of rotatable bonds is 9. The minimum absolute atomic E-state index is 0.0349. The van der Waals surface area contributed by atoms with Gasteiger partial charge in [0.25, 0.3) is 5.91 Å². The molecule has 6 rings (SSSR count). The summed E-state index contributed by atoms with van der Waals surface area (Å²) in [5.74, 6) is 1.62. The van der Waals surface area contributed by atoms with Gasteiger partial charge < -0.3 is 29.2 Å². The lowest BCUT2D eigenvalue weighted by molar-refractivity contribution is -0.137. The van der Waals surface area contributed by atoms with Crippen LogP contribution in [0, 0.1) is 20.8 Å². The molecular weight excluding hydrogens is 568 g/mol. The molecule has 220 valence electrons. The van der Waals surface area contributed by atoms with Gasteiger partial charge in [-0.05, 0) is 67.8 Å². The number of aromatic nitrogens is 2. The number of carbonyl (C=O) groups excluding carboxylic acids is 2. The van der Waals surface area contributed by atoms with Crippen LogP contribution in [0.2, 0.25) is 0 Å². The van der Waals surface area contributed by atoms with Crippen LogP contribution in [0.1, 0.15) is 34.1 Å². The second-order valence-corrected chi connectivity index (χ2v) is 11.2. The highest BCUT2D eigenvalue weighted by atomic mass is 32.2. The molecule has 1 atom stereocenters. The molecule has 0 saturated heterocycles. The van der Waals surface area contributed by atoms with E-state index in [0.717, 1.165) is 22.5 Å². The van der Waals surface area contributed by atoms with Crippen molar-refractivity contribution in [1.82, 2.24) is 14.9 Å². The summed E-state index contributed by atoms with van der Waals surface area (Å²) in [7, 11) is 0. The van der Waals surface area contributed by atoms with Crippen LogP contribution in [-0.2, 0) is 16.1 Å². The van der Waals surface area contributed by atoms with E-state index in [9.17, 15) is 9.59 Å². The molecule has 4 aromatic rings. The molecule has 1 aromatic heterocycles. The number of carbonyl (C=O) groups is 2. The Hall–Kier alpha value is -4.77. The molecule has 2 aliphatic rings. The van der Waals surface area contributed by atoms with E-state index in [0.29, 0.717) is 39.4 Å². The first-order valence-electron chi connectivity index (χ1n) is 13.7. The number of thioether (sulfide) groups is 1. The highest BCUT2D eigenvalue weighted by Crippen LogP contribution is 2.38. The number of benzene rings is 3. The molecular formula is C32H30N4O6S. The van der Waals surface area contributed by atoms with Crippen LogP contribution in [-0.4, -0.2) is 46.0 Å². The quantitative estimate of drug-likeness (QED) is 0.201. The van der Waals surface area contributed by atoms with Gasteiger partial charge in [-0.2, -0.15) is 0 Å². The standard InChI is InChI=1S/C32H30N4O6S/c1-19-6-4-5-7-23(19)15-36(29(37)16-43-32-33-20(2)12-21(3)34-32)30(22-8-10-25-27(13-22)41-17-39-25)31(38)35-24-9-11-26-28(14-24)42-18-40-26/h4-14,30H,15-18H2,1-3H3,(H,35,38)/t30-/m0/s1. The number of ether oxygens (including phenoxy) is 4. The van der Waals surface area contributed by atoms with Gasteiger partial charge in [0.15, 0.2) is 28.2 Å². The van der Waals surface area contributed by atoms with Crippen molar-refractivity contribution in [3.63, 3.8) is 0 Å². The van der Waals surface area contributed by atoms with Crippen molar-refractivity contribution in [2.24, 2.45) is 0 Å². The van der Waals surface area contributed by atoms with E-state index in [1.807, 2.05) is 51.1 Å². The number of nitrogens with one attached hydrogen (secondary N) is 1. The molecule has 0 radical (unpaired) electrons. The fourth-order valence-electron chi connectivity index (χ4n) is 5.00. The second-order valence-electron chi connectivity index (χ2n) is 10.2. The minimum Gasteiger partial charge on any atom is -0.454 e. The van der Waals surface area contributed by atoms with Crippen LogP contribution in [0.4, 0.5) is 5.69 Å².